The van der Waals surface area contributed by atoms with E-state index >= 15 is 0 Å². The summed E-state index contributed by atoms with van der Waals surface area (Å²) in [6, 6.07) is 11.3. The minimum atomic E-state index is -0.420. The van der Waals surface area contributed by atoms with Crippen LogP contribution in [0.15, 0.2) is 57.3 Å². The summed E-state index contributed by atoms with van der Waals surface area (Å²) >= 11 is 11.6. The summed E-state index contributed by atoms with van der Waals surface area (Å²) in [5.41, 5.74) is 3.57. The maximum Gasteiger partial charge on any atom is 0.227 e. The molecule has 10 heteroatoms. The van der Waals surface area contributed by atoms with E-state index in [-0.39, 0.29) is 5.78 Å². The molecule has 5 rings (SSSR count). The lowest BCUT2D eigenvalue weighted by Gasteiger charge is -2.32. The first-order valence-corrected chi connectivity index (χ1v) is 15.1. The molecule has 1 atom stereocenters. The molecule has 1 aliphatic heterocycles. The van der Waals surface area contributed by atoms with Crippen molar-refractivity contribution in [2.45, 2.75) is 62.9 Å². The first kappa shape index (κ1) is 27.1. The van der Waals surface area contributed by atoms with Gasteiger partial charge in [0.25, 0.3) is 0 Å². The molecule has 38 heavy (non-hydrogen) atoms. The van der Waals surface area contributed by atoms with Crippen LogP contribution in [0.25, 0.3) is 0 Å². The fraction of sp³-hybridized carbons (Fsp3) is 0.393. The topological polar surface area (TPSA) is 78.3 Å². The summed E-state index contributed by atoms with van der Waals surface area (Å²) in [6.07, 6.45) is 4.13. The molecule has 7 nitrogen and oxygen atoms in total. The number of hydrogen-bond donors (Lipinski definition) is 1. The van der Waals surface area contributed by atoms with Crippen molar-refractivity contribution in [2.24, 2.45) is 0 Å². The highest BCUT2D eigenvalue weighted by Crippen LogP contribution is 2.45. The van der Waals surface area contributed by atoms with Gasteiger partial charge in [-0.05, 0) is 71.4 Å². The number of fused-ring (bicyclic) bond motifs is 1. The second-order valence-electron chi connectivity index (χ2n) is 9.20. The normalized spacial score (nSPS) is 16.6. The zero-order valence-electron chi connectivity index (χ0n) is 21.4. The lowest BCUT2D eigenvalue weighted by atomic mass is 9.85. The highest BCUT2D eigenvalue weighted by Gasteiger charge is 2.37. The zero-order chi connectivity index (χ0) is 26.6. The number of unbranched alkanes of at least 4 members (excludes halogenated alkanes) is 1. The van der Waals surface area contributed by atoms with Crippen molar-refractivity contribution in [3.05, 3.63) is 68.3 Å². The van der Waals surface area contributed by atoms with E-state index in [0.29, 0.717) is 48.0 Å². The summed E-state index contributed by atoms with van der Waals surface area (Å²) in [7, 11) is 0. The number of Topliss-reactive ketones (excluding diaryl/α,β-unsaturated/α-hetero) is 1. The fourth-order valence-electron chi connectivity index (χ4n) is 4.73. The molecule has 1 aliphatic carbocycles. The molecule has 0 saturated heterocycles. The second kappa shape index (κ2) is 12.1. The van der Waals surface area contributed by atoms with Crippen LogP contribution in [0, 0.1) is 0 Å². The number of ether oxygens (including phenoxy) is 2. The molecule has 2 aliphatic rings. The van der Waals surface area contributed by atoms with Crippen molar-refractivity contribution in [2.75, 3.05) is 18.5 Å². The molecule has 2 heterocycles. The smallest absolute Gasteiger partial charge is 0.227 e. The summed E-state index contributed by atoms with van der Waals surface area (Å²) in [6.45, 7) is 5.18. The van der Waals surface area contributed by atoms with Gasteiger partial charge in [0.1, 0.15) is 6.04 Å². The van der Waals surface area contributed by atoms with Gasteiger partial charge in [-0.15, -0.1) is 5.10 Å². The third kappa shape index (κ3) is 5.60. The van der Waals surface area contributed by atoms with Crippen LogP contribution in [0.2, 0.25) is 5.02 Å². The molecule has 200 valence electrons. The fourth-order valence-corrected chi connectivity index (χ4v) is 6.42. The minimum Gasteiger partial charge on any atom is -0.490 e. The molecule has 1 aromatic heterocycles. The van der Waals surface area contributed by atoms with Gasteiger partial charge in [0.2, 0.25) is 11.1 Å². The molecule has 0 spiro atoms. The molecule has 1 unspecified atom stereocenters. The van der Waals surface area contributed by atoms with E-state index in [9.17, 15) is 4.79 Å². The average Bonchev–Trinajstić information content (AvgIpc) is 3.31. The SMILES string of the molecule is CCCCOc1c(Br)cc(C2C3=C(CCCC3=O)Nc3nc(SCc4ccccc4Cl)nn32)cc1OCC. The largest absolute Gasteiger partial charge is 0.490 e. The number of carbonyl (C=O) groups excluding carboxylic acids is 1. The first-order valence-electron chi connectivity index (χ1n) is 12.9. The molecular formula is C28H30BrClN4O3S. The number of rotatable bonds is 10. The number of benzene rings is 2. The molecule has 0 bridgehead atoms. The number of halogens is 2. The van der Waals surface area contributed by atoms with Crippen LogP contribution in [-0.4, -0.2) is 33.8 Å². The number of hydrogen-bond acceptors (Lipinski definition) is 7. The maximum atomic E-state index is 13.3. The van der Waals surface area contributed by atoms with Crippen LogP contribution in [0.3, 0.4) is 0 Å². The van der Waals surface area contributed by atoms with Crippen molar-refractivity contribution in [1.29, 1.82) is 0 Å². The van der Waals surface area contributed by atoms with E-state index in [4.69, 9.17) is 31.2 Å². The summed E-state index contributed by atoms with van der Waals surface area (Å²) in [5, 5.41) is 9.60. The van der Waals surface area contributed by atoms with Crippen LogP contribution < -0.4 is 14.8 Å². The lowest BCUT2D eigenvalue weighted by molar-refractivity contribution is -0.116. The quantitative estimate of drug-likeness (QED) is 0.186. The number of allylic oxidation sites excluding steroid dienone is 2. The third-order valence-corrected chi connectivity index (χ3v) is 8.40. The van der Waals surface area contributed by atoms with Crippen LogP contribution >= 0.6 is 39.3 Å². The molecule has 0 amide bonds. The highest BCUT2D eigenvalue weighted by atomic mass is 79.9. The van der Waals surface area contributed by atoms with Gasteiger partial charge in [-0.3, -0.25) is 4.79 Å². The van der Waals surface area contributed by atoms with Crippen molar-refractivity contribution >= 4 is 51.0 Å². The van der Waals surface area contributed by atoms with E-state index in [2.05, 4.69) is 28.2 Å². The Hall–Kier alpha value is -2.49. The Labute approximate surface area is 240 Å². The first-order chi connectivity index (χ1) is 18.5. The van der Waals surface area contributed by atoms with Gasteiger partial charge in [0.05, 0.1) is 17.7 Å². The monoisotopic (exact) mass is 616 g/mol. The van der Waals surface area contributed by atoms with Crippen molar-refractivity contribution in [3.8, 4) is 11.5 Å². The van der Waals surface area contributed by atoms with Gasteiger partial charge in [-0.2, -0.15) is 4.98 Å². The van der Waals surface area contributed by atoms with E-state index in [1.165, 1.54) is 11.8 Å². The number of aromatic nitrogens is 3. The van der Waals surface area contributed by atoms with Gasteiger partial charge in [-0.1, -0.05) is 54.9 Å². The van der Waals surface area contributed by atoms with E-state index in [0.717, 1.165) is 57.6 Å². The molecule has 0 saturated carbocycles. The van der Waals surface area contributed by atoms with Gasteiger partial charge in [0.15, 0.2) is 17.3 Å². The second-order valence-corrected chi connectivity index (χ2v) is 11.4. The van der Waals surface area contributed by atoms with E-state index in [1.807, 2.05) is 48.0 Å². The van der Waals surface area contributed by atoms with Crippen molar-refractivity contribution in [3.63, 3.8) is 0 Å². The standard InChI is InChI=1S/C28H30BrClN4O3S/c1-3-5-13-37-26-19(29)14-18(15-23(26)36-4-2)25-24-21(11-8-12-22(24)35)31-27-32-28(33-34(25)27)38-16-17-9-6-7-10-20(17)30/h6-7,9-10,14-15,25H,3-5,8,11-13,16H2,1-2H3,(H,31,32,33). The average molecular weight is 618 g/mol. The van der Waals surface area contributed by atoms with Gasteiger partial charge in [0, 0.05) is 28.5 Å². The van der Waals surface area contributed by atoms with E-state index in [1.54, 1.807) is 0 Å². The number of nitrogens with zero attached hydrogens (tertiary/aromatic N) is 3. The van der Waals surface area contributed by atoms with Crippen LogP contribution in [0.1, 0.15) is 63.1 Å². The molecule has 1 N–H and O–H groups in total. The Morgan fingerprint density at radius 3 is 2.84 bits per heavy atom. The van der Waals surface area contributed by atoms with E-state index < -0.39 is 6.04 Å². The van der Waals surface area contributed by atoms with Gasteiger partial charge in [-0.25, -0.2) is 4.68 Å². The highest BCUT2D eigenvalue weighted by molar-refractivity contribution is 9.10. The van der Waals surface area contributed by atoms with Gasteiger partial charge >= 0.3 is 0 Å². The minimum absolute atomic E-state index is 0.132. The Kier molecular flexibility index (Phi) is 8.65. The molecular weight excluding hydrogens is 588 g/mol. The summed E-state index contributed by atoms with van der Waals surface area (Å²) in [5.74, 6) is 2.72. The molecule has 0 fully saturated rings. The zero-order valence-corrected chi connectivity index (χ0v) is 24.6. The maximum absolute atomic E-state index is 13.3. The Morgan fingerprint density at radius 2 is 2.05 bits per heavy atom. The molecule has 3 aromatic rings. The van der Waals surface area contributed by atoms with Crippen molar-refractivity contribution < 1.29 is 14.3 Å². The molecule has 2 aromatic carbocycles. The number of ketones is 1. The predicted molar refractivity (Wildman–Crippen MR) is 154 cm³/mol. The van der Waals surface area contributed by atoms with Crippen LogP contribution in [0.4, 0.5) is 5.95 Å². The number of carbonyl (C=O) groups is 1. The van der Waals surface area contributed by atoms with Crippen molar-refractivity contribution in [1.82, 2.24) is 14.8 Å². The number of nitrogens with one attached hydrogen (secondary N) is 1. The summed E-state index contributed by atoms with van der Waals surface area (Å²) in [4.78, 5) is 18.1. The summed E-state index contributed by atoms with van der Waals surface area (Å²) < 4.78 is 14.7. The van der Waals surface area contributed by atoms with Crippen LogP contribution in [0.5, 0.6) is 11.5 Å². The number of thioether (sulfide) groups is 1. The lowest BCUT2D eigenvalue weighted by Crippen LogP contribution is -2.31. The van der Waals surface area contributed by atoms with Crippen LogP contribution in [-0.2, 0) is 10.5 Å². The number of anilines is 1. The Morgan fingerprint density at radius 1 is 1.21 bits per heavy atom. The predicted octanol–water partition coefficient (Wildman–Crippen LogP) is 7.59. The Bertz CT molecular complexity index is 1380. The third-order valence-electron chi connectivity index (χ3n) is 6.56. The van der Waals surface area contributed by atoms with Gasteiger partial charge < -0.3 is 14.8 Å². The Balaban J connectivity index is 1.53. The molecule has 0 radical (unpaired) electrons.